The number of hydrogen-bond donors (Lipinski definition) is 1. The first-order valence-electron chi connectivity index (χ1n) is 22.1. The fourth-order valence-electron chi connectivity index (χ4n) is 5.24. The lowest BCUT2D eigenvalue weighted by atomic mass is 10.1. The van der Waals surface area contributed by atoms with Crippen molar-refractivity contribution in [2.45, 2.75) is 156 Å². The molecule has 0 aliphatic rings. The van der Waals surface area contributed by atoms with E-state index in [9.17, 15) is 4.79 Å². The number of carbonyl (C=O) groups is 1. The largest absolute Gasteiger partial charge is 0.481 e. The Labute approximate surface area is 332 Å². The molecule has 0 amide bonds. The van der Waals surface area contributed by atoms with E-state index in [-0.39, 0.29) is 6.42 Å². The molecule has 0 saturated carbocycles. The highest BCUT2D eigenvalue weighted by atomic mass is 16.6. The highest BCUT2D eigenvalue weighted by Crippen LogP contribution is 2.11. The molecule has 0 aromatic rings. The molecule has 0 saturated heterocycles. The van der Waals surface area contributed by atoms with Crippen LogP contribution in [0.1, 0.15) is 156 Å². The summed E-state index contributed by atoms with van der Waals surface area (Å²) in [7, 11) is 0. The van der Waals surface area contributed by atoms with Crippen molar-refractivity contribution in [2.75, 3.05) is 119 Å². The summed E-state index contributed by atoms with van der Waals surface area (Å²) in [5.41, 5.74) is 0. The number of hydrogen-bond acceptors (Lipinski definition) is 10. The van der Waals surface area contributed by atoms with Gasteiger partial charge in [0.05, 0.1) is 106 Å². The van der Waals surface area contributed by atoms with E-state index in [0.717, 1.165) is 26.1 Å². The monoisotopic (exact) mass is 781 g/mol. The number of carboxylic acid groups (broad SMARTS) is 1. The van der Waals surface area contributed by atoms with Crippen LogP contribution in [0.5, 0.6) is 0 Å². The van der Waals surface area contributed by atoms with Crippen molar-refractivity contribution < 1.29 is 52.5 Å². The average molecular weight is 781 g/mol. The van der Waals surface area contributed by atoms with Gasteiger partial charge in [-0.05, 0) is 12.8 Å². The number of aliphatic carboxylic acids is 1. The highest BCUT2D eigenvalue weighted by Gasteiger charge is 1.98. The van der Waals surface area contributed by atoms with Gasteiger partial charge in [0.25, 0.3) is 0 Å². The molecule has 326 valence electrons. The summed E-state index contributed by atoms with van der Waals surface area (Å²) in [6.45, 7) is 17.1. The minimum absolute atomic E-state index is 0.222. The number of carboxylic acids is 1. The molecule has 0 spiro atoms. The normalized spacial score (nSPS) is 11.2. The molecule has 0 radical (unpaired) electrons. The van der Waals surface area contributed by atoms with Crippen LogP contribution in [0.25, 0.3) is 0 Å². The predicted molar refractivity (Wildman–Crippen MR) is 219 cm³/mol. The molecule has 0 fully saturated rings. The Morgan fingerprint density at radius 2 is 0.426 bits per heavy atom. The maximum atomic E-state index is 9.37. The van der Waals surface area contributed by atoms with Gasteiger partial charge in [0.2, 0.25) is 0 Å². The third-order valence-corrected chi connectivity index (χ3v) is 8.56. The van der Waals surface area contributed by atoms with Gasteiger partial charge in [0.1, 0.15) is 0 Å². The van der Waals surface area contributed by atoms with Crippen molar-refractivity contribution in [3.05, 3.63) is 0 Å². The fraction of sp³-hybridized carbons (Fsp3) is 0.977. The number of unbranched alkanes of at least 4 members (excludes halogenated alkanes) is 18. The van der Waals surface area contributed by atoms with Crippen LogP contribution in [0.4, 0.5) is 0 Å². The van der Waals surface area contributed by atoms with E-state index in [1.807, 2.05) is 0 Å². The van der Waals surface area contributed by atoms with Gasteiger partial charge in [0.15, 0.2) is 0 Å². The molecule has 0 aliphatic heterocycles. The molecule has 11 heteroatoms. The second kappa shape index (κ2) is 54.2. The Kier molecular flexibility index (Phi) is 55.4. The topological polar surface area (TPSA) is 120 Å². The smallest absolute Gasteiger partial charge is 0.303 e. The van der Waals surface area contributed by atoms with Crippen molar-refractivity contribution in [3.8, 4) is 0 Å². The fourth-order valence-corrected chi connectivity index (χ4v) is 5.24. The summed E-state index contributed by atoms with van der Waals surface area (Å²) in [4.78, 5) is 9.37. The summed E-state index contributed by atoms with van der Waals surface area (Å²) < 4.78 is 50.1. The van der Waals surface area contributed by atoms with Crippen molar-refractivity contribution in [2.24, 2.45) is 0 Å². The zero-order valence-electron chi connectivity index (χ0n) is 35.6. The van der Waals surface area contributed by atoms with Crippen molar-refractivity contribution in [1.29, 1.82) is 0 Å². The lowest BCUT2D eigenvalue weighted by Crippen LogP contribution is -2.15. The van der Waals surface area contributed by atoms with Crippen molar-refractivity contribution in [3.63, 3.8) is 0 Å². The highest BCUT2D eigenvalue weighted by molar-refractivity contribution is 5.66. The molecular weight excluding hydrogens is 692 g/mol. The van der Waals surface area contributed by atoms with E-state index in [4.69, 9.17) is 47.7 Å². The maximum absolute atomic E-state index is 9.37. The summed E-state index contributed by atoms with van der Waals surface area (Å²) >= 11 is 0. The number of rotatable bonds is 47. The van der Waals surface area contributed by atoms with Crippen LogP contribution in [0.15, 0.2) is 0 Å². The molecule has 0 atom stereocenters. The first-order chi connectivity index (χ1) is 26.7. The van der Waals surface area contributed by atoms with Crippen LogP contribution in [-0.2, 0) is 47.4 Å². The quantitative estimate of drug-likeness (QED) is 0.0595. The predicted octanol–water partition coefficient (Wildman–Crippen LogP) is 9.46. The Morgan fingerprint density at radius 3 is 0.593 bits per heavy atom. The van der Waals surface area contributed by atoms with E-state index in [1.54, 1.807) is 6.92 Å². The first kappa shape index (κ1) is 55.2. The lowest BCUT2D eigenvalue weighted by Gasteiger charge is -2.09. The van der Waals surface area contributed by atoms with E-state index >= 15 is 0 Å². The van der Waals surface area contributed by atoms with Gasteiger partial charge in [0, 0.05) is 19.6 Å². The van der Waals surface area contributed by atoms with Crippen LogP contribution in [0.2, 0.25) is 0 Å². The van der Waals surface area contributed by atoms with Crippen LogP contribution in [0, 0.1) is 0 Å². The van der Waals surface area contributed by atoms with Crippen molar-refractivity contribution in [1.82, 2.24) is 0 Å². The van der Waals surface area contributed by atoms with Gasteiger partial charge >= 0.3 is 5.97 Å². The minimum atomic E-state index is -0.745. The zero-order chi connectivity index (χ0) is 39.5. The molecule has 54 heavy (non-hydrogen) atoms. The van der Waals surface area contributed by atoms with Gasteiger partial charge in [-0.15, -0.1) is 0 Å². The Bertz CT molecular complexity index is 611. The second-order valence-corrected chi connectivity index (χ2v) is 13.6. The summed E-state index contributed by atoms with van der Waals surface area (Å²) in [6, 6.07) is 0. The molecule has 0 aromatic heterocycles. The van der Waals surface area contributed by atoms with Crippen LogP contribution in [0.3, 0.4) is 0 Å². The van der Waals surface area contributed by atoms with Crippen molar-refractivity contribution >= 4 is 5.97 Å². The molecule has 0 aliphatic carbocycles. The second-order valence-electron chi connectivity index (χ2n) is 13.6. The van der Waals surface area contributed by atoms with Gasteiger partial charge in [-0.25, -0.2) is 0 Å². The van der Waals surface area contributed by atoms with E-state index < -0.39 is 5.97 Å². The standard InChI is InChI=1S/C40H82O9.C3H6O2/c1-3-5-7-9-11-13-15-17-19-21-23-41-25-27-43-29-31-45-33-35-47-37-39-49-40-38-48-36-34-46-32-30-44-28-26-42-24-22-20-18-16-14-12-10-8-6-4-2;1-2-3(4)5/h3-40H2,1-2H3;2H2,1H3,(H,4,5). The Morgan fingerprint density at radius 1 is 0.278 bits per heavy atom. The van der Waals surface area contributed by atoms with Gasteiger partial charge in [-0.1, -0.05) is 136 Å². The maximum Gasteiger partial charge on any atom is 0.303 e. The molecule has 0 aromatic carbocycles. The van der Waals surface area contributed by atoms with Crippen LogP contribution < -0.4 is 0 Å². The zero-order valence-corrected chi connectivity index (χ0v) is 35.6. The first-order valence-corrected chi connectivity index (χ1v) is 22.1. The van der Waals surface area contributed by atoms with Crippen LogP contribution >= 0.6 is 0 Å². The number of ether oxygens (including phenoxy) is 9. The SMILES string of the molecule is CCC(=O)O.CCCCCCCCCCCCOCCOCCOCCOCCOCCOCCOCCOCCOCCCCCCCCCCCC. The summed E-state index contributed by atoms with van der Waals surface area (Å²) in [5.74, 6) is -0.745. The lowest BCUT2D eigenvalue weighted by molar-refractivity contribution is -0.136. The molecule has 0 heterocycles. The summed E-state index contributed by atoms with van der Waals surface area (Å²) in [6.07, 6.45) is 27.2. The average Bonchev–Trinajstić information content (AvgIpc) is 3.18. The third kappa shape index (κ3) is 57.8. The summed E-state index contributed by atoms with van der Waals surface area (Å²) in [5, 5.41) is 7.72. The molecule has 0 unspecified atom stereocenters. The minimum Gasteiger partial charge on any atom is -0.481 e. The molecule has 1 N–H and O–H groups in total. The van der Waals surface area contributed by atoms with Gasteiger partial charge in [-0.2, -0.15) is 0 Å². The van der Waals surface area contributed by atoms with E-state index in [0.29, 0.717) is 106 Å². The van der Waals surface area contributed by atoms with Gasteiger partial charge < -0.3 is 47.7 Å². The van der Waals surface area contributed by atoms with Gasteiger partial charge in [-0.3, -0.25) is 4.79 Å². The molecule has 11 nitrogen and oxygen atoms in total. The van der Waals surface area contributed by atoms with E-state index in [1.165, 1.54) is 116 Å². The molecular formula is C43H88O11. The Hall–Kier alpha value is -0.890. The Balaban J connectivity index is 0. The van der Waals surface area contributed by atoms with E-state index in [2.05, 4.69) is 13.8 Å². The van der Waals surface area contributed by atoms with Crippen LogP contribution in [-0.4, -0.2) is 130 Å². The molecule has 0 rings (SSSR count). The third-order valence-electron chi connectivity index (χ3n) is 8.56. The molecule has 0 bridgehead atoms.